The van der Waals surface area contributed by atoms with Gasteiger partial charge >= 0.3 is 0 Å². The smallest absolute Gasteiger partial charge is 0.144 e. The van der Waals surface area contributed by atoms with Gasteiger partial charge in [-0.2, -0.15) is 0 Å². The fourth-order valence-electron chi connectivity index (χ4n) is 2.72. The molecule has 0 aromatic rings. The molecule has 118 valence electrons. The molecule has 0 aromatic carbocycles. The maximum absolute atomic E-state index is 8.75. The Morgan fingerprint density at radius 1 is 1.10 bits per heavy atom. The molecule has 5 heteroatoms. The van der Waals surface area contributed by atoms with Crippen molar-refractivity contribution in [1.29, 1.82) is 0 Å². The van der Waals surface area contributed by atoms with Crippen molar-refractivity contribution >= 4 is 5.84 Å². The Morgan fingerprint density at radius 3 is 2.15 bits per heavy atom. The summed E-state index contributed by atoms with van der Waals surface area (Å²) in [5.74, 6) is 0.339. The lowest BCUT2D eigenvalue weighted by molar-refractivity contribution is 0.130. The second kappa shape index (κ2) is 8.47. The van der Waals surface area contributed by atoms with Gasteiger partial charge in [0.05, 0.1) is 0 Å². The molecule has 1 heterocycles. The number of oxime groups is 1. The van der Waals surface area contributed by atoms with Crippen LogP contribution >= 0.6 is 0 Å². The molecule has 0 spiro atoms. The van der Waals surface area contributed by atoms with E-state index < -0.39 is 0 Å². The third-order valence-corrected chi connectivity index (χ3v) is 4.33. The summed E-state index contributed by atoms with van der Waals surface area (Å²) in [6, 6.07) is 0. The van der Waals surface area contributed by atoms with Gasteiger partial charge in [-0.25, -0.2) is 0 Å². The average Bonchev–Trinajstić information content (AvgIpc) is 2.44. The third kappa shape index (κ3) is 5.67. The summed E-state index contributed by atoms with van der Waals surface area (Å²) in [7, 11) is 0. The standard InChI is InChI=1S/C15H32N4O/c1-4-8-18-10-12-19(13-11-18)9-6-5-7-15(2,3)14(16)17-20/h20H,4-13H2,1-3H3,(H2,16,17). The first-order valence-electron chi connectivity index (χ1n) is 7.92. The van der Waals surface area contributed by atoms with Gasteiger partial charge in [-0.3, -0.25) is 0 Å². The van der Waals surface area contributed by atoms with Crippen LogP contribution in [0, 0.1) is 5.41 Å². The van der Waals surface area contributed by atoms with E-state index in [-0.39, 0.29) is 5.41 Å². The SMILES string of the molecule is CCCN1CCN(CCCCC(C)(C)C(N)=NO)CC1. The van der Waals surface area contributed by atoms with Crippen molar-refractivity contribution in [2.75, 3.05) is 39.3 Å². The highest BCUT2D eigenvalue weighted by molar-refractivity contribution is 5.85. The first-order valence-corrected chi connectivity index (χ1v) is 7.92. The van der Waals surface area contributed by atoms with Crippen molar-refractivity contribution in [3.05, 3.63) is 0 Å². The molecular formula is C15H32N4O. The van der Waals surface area contributed by atoms with E-state index in [4.69, 9.17) is 10.9 Å². The van der Waals surface area contributed by atoms with Gasteiger partial charge in [-0.15, -0.1) is 0 Å². The molecule has 1 saturated heterocycles. The first-order chi connectivity index (χ1) is 9.49. The number of amidine groups is 1. The topological polar surface area (TPSA) is 65.1 Å². The summed E-state index contributed by atoms with van der Waals surface area (Å²) in [6.45, 7) is 13.5. The van der Waals surface area contributed by atoms with Crippen LogP contribution in [-0.4, -0.2) is 60.1 Å². The Kier molecular flexibility index (Phi) is 7.30. The molecule has 1 aliphatic heterocycles. The zero-order chi connectivity index (χ0) is 15.0. The van der Waals surface area contributed by atoms with E-state index in [1.165, 1.54) is 52.1 Å². The van der Waals surface area contributed by atoms with Crippen LogP contribution in [0.4, 0.5) is 0 Å². The van der Waals surface area contributed by atoms with Crippen molar-refractivity contribution < 1.29 is 5.21 Å². The zero-order valence-electron chi connectivity index (χ0n) is 13.4. The molecule has 1 aliphatic rings. The van der Waals surface area contributed by atoms with Gasteiger partial charge in [0.15, 0.2) is 0 Å². The Bertz CT molecular complexity index is 296. The summed E-state index contributed by atoms with van der Waals surface area (Å²) in [4.78, 5) is 5.11. The number of nitrogens with two attached hydrogens (primary N) is 1. The summed E-state index contributed by atoms with van der Waals surface area (Å²) < 4.78 is 0. The summed E-state index contributed by atoms with van der Waals surface area (Å²) in [5.41, 5.74) is 5.50. The van der Waals surface area contributed by atoms with Crippen LogP contribution in [0.25, 0.3) is 0 Å². The molecule has 0 bridgehead atoms. The minimum atomic E-state index is -0.200. The molecule has 0 unspecified atom stereocenters. The van der Waals surface area contributed by atoms with Gasteiger partial charge in [-0.1, -0.05) is 32.3 Å². The fraction of sp³-hybridized carbons (Fsp3) is 0.933. The van der Waals surface area contributed by atoms with Crippen LogP contribution in [0.2, 0.25) is 0 Å². The Balaban J connectivity index is 2.14. The van der Waals surface area contributed by atoms with E-state index in [0.717, 1.165) is 12.8 Å². The minimum absolute atomic E-state index is 0.200. The Morgan fingerprint density at radius 2 is 1.65 bits per heavy atom. The van der Waals surface area contributed by atoms with E-state index in [2.05, 4.69) is 21.9 Å². The second-order valence-electron chi connectivity index (χ2n) is 6.51. The number of nitrogens with zero attached hydrogens (tertiary/aromatic N) is 3. The molecule has 0 aromatic heterocycles. The predicted molar refractivity (Wildman–Crippen MR) is 84.2 cm³/mol. The van der Waals surface area contributed by atoms with Crippen LogP contribution in [0.1, 0.15) is 46.5 Å². The minimum Gasteiger partial charge on any atom is -0.409 e. The molecule has 0 amide bonds. The molecule has 0 saturated carbocycles. The maximum Gasteiger partial charge on any atom is 0.144 e. The highest BCUT2D eigenvalue weighted by atomic mass is 16.4. The van der Waals surface area contributed by atoms with Gasteiger partial charge in [0.25, 0.3) is 0 Å². The van der Waals surface area contributed by atoms with Crippen LogP contribution in [0.15, 0.2) is 5.16 Å². The van der Waals surface area contributed by atoms with Gasteiger partial charge in [0.1, 0.15) is 5.84 Å². The first kappa shape index (κ1) is 17.2. The number of unbranched alkanes of at least 4 members (excludes halogenated alkanes) is 1. The molecule has 0 radical (unpaired) electrons. The molecule has 0 atom stereocenters. The van der Waals surface area contributed by atoms with E-state index in [1.54, 1.807) is 0 Å². The van der Waals surface area contributed by atoms with Crippen molar-refractivity contribution in [1.82, 2.24) is 9.80 Å². The van der Waals surface area contributed by atoms with Gasteiger partial charge in [0.2, 0.25) is 0 Å². The lowest BCUT2D eigenvalue weighted by Gasteiger charge is -2.34. The Labute approximate surface area is 123 Å². The van der Waals surface area contributed by atoms with Crippen molar-refractivity contribution in [3.8, 4) is 0 Å². The van der Waals surface area contributed by atoms with E-state index in [0.29, 0.717) is 5.84 Å². The van der Waals surface area contributed by atoms with Crippen LogP contribution in [-0.2, 0) is 0 Å². The Hall–Kier alpha value is -0.810. The molecule has 1 fully saturated rings. The van der Waals surface area contributed by atoms with Gasteiger partial charge < -0.3 is 20.7 Å². The number of piperazine rings is 1. The molecule has 20 heavy (non-hydrogen) atoms. The van der Waals surface area contributed by atoms with Crippen molar-refractivity contribution in [2.24, 2.45) is 16.3 Å². The second-order valence-corrected chi connectivity index (χ2v) is 6.51. The average molecular weight is 284 g/mol. The quantitative estimate of drug-likeness (QED) is 0.235. The predicted octanol–water partition coefficient (Wildman–Crippen LogP) is 1.96. The fourth-order valence-corrected chi connectivity index (χ4v) is 2.72. The van der Waals surface area contributed by atoms with Gasteiger partial charge in [-0.05, 0) is 32.4 Å². The largest absolute Gasteiger partial charge is 0.409 e. The number of rotatable bonds is 8. The van der Waals surface area contributed by atoms with Crippen molar-refractivity contribution in [2.45, 2.75) is 46.5 Å². The molecule has 1 rings (SSSR count). The highest BCUT2D eigenvalue weighted by Crippen LogP contribution is 2.23. The van der Waals surface area contributed by atoms with Crippen LogP contribution < -0.4 is 5.73 Å². The van der Waals surface area contributed by atoms with Gasteiger partial charge in [0, 0.05) is 31.6 Å². The van der Waals surface area contributed by atoms with Crippen LogP contribution in [0.3, 0.4) is 0 Å². The summed E-state index contributed by atoms with van der Waals surface area (Å²) >= 11 is 0. The number of hydrogen-bond acceptors (Lipinski definition) is 4. The summed E-state index contributed by atoms with van der Waals surface area (Å²) in [6.07, 6.45) is 4.54. The third-order valence-electron chi connectivity index (χ3n) is 4.33. The summed E-state index contributed by atoms with van der Waals surface area (Å²) in [5, 5.41) is 11.9. The van der Waals surface area contributed by atoms with E-state index in [9.17, 15) is 0 Å². The highest BCUT2D eigenvalue weighted by Gasteiger charge is 2.23. The molecule has 5 nitrogen and oxygen atoms in total. The number of hydrogen-bond donors (Lipinski definition) is 2. The van der Waals surface area contributed by atoms with Crippen LogP contribution in [0.5, 0.6) is 0 Å². The zero-order valence-corrected chi connectivity index (χ0v) is 13.4. The molecular weight excluding hydrogens is 252 g/mol. The monoisotopic (exact) mass is 284 g/mol. The van der Waals surface area contributed by atoms with E-state index in [1.807, 2.05) is 13.8 Å². The molecule has 3 N–H and O–H groups in total. The van der Waals surface area contributed by atoms with Crippen molar-refractivity contribution in [3.63, 3.8) is 0 Å². The maximum atomic E-state index is 8.75. The lowest BCUT2D eigenvalue weighted by atomic mass is 9.86. The molecule has 0 aliphatic carbocycles. The van der Waals surface area contributed by atoms with E-state index >= 15 is 0 Å². The normalized spacial score (nSPS) is 19.4. The lowest BCUT2D eigenvalue weighted by Crippen LogP contribution is -2.46.